The summed E-state index contributed by atoms with van der Waals surface area (Å²) >= 11 is 0. The average Bonchev–Trinajstić information content (AvgIpc) is 2.37. The second kappa shape index (κ2) is 2.59. The van der Waals surface area contributed by atoms with Crippen molar-refractivity contribution in [1.29, 1.82) is 0 Å². The summed E-state index contributed by atoms with van der Waals surface area (Å²) in [5.41, 5.74) is 3.45. The van der Waals surface area contributed by atoms with Gasteiger partial charge in [-0.25, -0.2) is 0 Å². The van der Waals surface area contributed by atoms with Gasteiger partial charge in [-0.3, -0.25) is 4.79 Å². The highest BCUT2D eigenvalue weighted by Gasteiger charge is 2.30. The number of benzene rings is 1. The number of aryl methyl sites for hydroxylation is 1. The van der Waals surface area contributed by atoms with Crippen LogP contribution in [0.1, 0.15) is 29.5 Å². The molecule has 0 aromatic heterocycles. The fourth-order valence-electron chi connectivity index (χ4n) is 1.75. The Labute approximate surface area is 77.5 Å². The Morgan fingerprint density at radius 1 is 1.31 bits per heavy atom. The first-order chi connectivity index (χ1) is 6.11. The number of carbonyl (C=O) groups excluding carboxylic acids is 1. The molecule has 68 valence electrons. The molecule has 0 saturated heterocycles. The minimum absolute atomic E-state index is 0.102. The van der Waals surface area contributed by atoms with Crippen molar-refractivity contribution < 1.29 is 9.53 Å². The maximum Gasteiger partial charge on any atom is 0.318 e. The van der Waals surface area contributed by atoms with E-state index in [1.807, 2.05) is 32.9 Å². The highest BCUT2D eigenvalue weighted by atomic mass is 16.5. The molecule has 0 saturated carbocycles. The van der Waals surface area contributed by atoms with Crippen LogP contribution in [-0.2, 0) is 4.79 Å². The number of hydrogen-bond donors (Lipinski definition) is 0. The molecule has 0 N–H and O–H groups in total. The Hall–Kier alpha value is -1.31. The van der Waals surface area contributed by atoms with Gasteiger partial charge >= 0.3 is 5.97 Å². The second-order valence-electron chi connectivity index (χ2n) is 3.56. The fourth-order valence-corrected chi connectivity index (χ4v) is 1.75. The van der Waals surface area contributed by atoms with Crippen LogP contribution < -0.4 is 4.74 Å². The number of esters is 1. The van der Waals surface area contributed by atoms with Crippen LogP contribution in [-0.4, -0.2) is 5.97 Å². The van der Waals surface area contributed by atoms with E-state index in [0.717, 1.165) is 11.3 Å². The van der Waals surface area contributed by atoms with Crippen LogP contribution in [0.3, 0.4) is 0 Å². The standard InChI is InChI=1S/C11H12O2/c1-6-4-5-9-10(7(6)2)8(3)11(12)13-9/h4-5,8H,1-3H3. The lowest BCUT2D eigenvalue weighted by molar-refractivity contribution is -0.133. The quantitative estimate of drug-likeness (QED) is 0.448. The Kier molecular flexibility index (Phi) is 1.65. The lowest BCUT2D eigenvalue weighted by atomic mass is 9.95. The number of hydrogen-bond acceptors (Lipinski definition) is 2. The summed E-state index contributed by atoms with van der Waals surface area (Å²) in [5, 5.41) is 0. The van der Waals surface area contributed by atoms with Crippen molar-refractivity contribution in [3.8, 4) is 5.75 Å². The van der Waals surface area contributed by atoms with E-state index < -0.39 is 0 Å². The van der Waals surface area contributed by atoms with E-state index in [0.29, 0.717) is 0 Å². The third-order valence-corrected chi connectivity index (χ3v) is 2.74. The summed E-state index contributed by atoms with van der Waals surface area (Å²) in [6.07, 6.45) is 0. The van der Waals surface area contributed by atoms with E-state index in [-0.39, 0.29) is 11.9 Å². The van der Waals surface area contributed by atoms with Crippen LogP contribution in [0.5, 0.6) is 5.75 Å². The van der Waals surface area contributed by atoms with Crippen LogP contribution in [0.2, 0.25) is 0 Å². The molecule has 1 aromatic rings. The van der Waals surface area contributed by atoms with Gasteiger partial charge < -0.3 is 4.74 Å². The van der Waals surface area contributed by atoms with Crippen molar-refractivity contribution in [1.82, 2.24) is 0 Å². The Morgan fingerprint density at radius 2 is 2.00 bits per heavy atom. The largest absolute Gasteiger partial charge is 0.426 e. The van der Waals surface area contributed by atoms with Gasteiger partial charge in [-0.15, -0.1) is 0 Å². The second-order valence-corrected chi connectivity index (χ2v) is 3.56. The maximum absolute atomic E-state index is 11.3. The van der Waals surface area contributed by atoms with Crippen LogP contribution in [0, 0.1) is 13.8 Å². The summed E-state index contributed by atoms with van der Waals surface area (Å²) in [4.78, 5) is 11.3. The van der Waals surface area contributed by atoms with Crippen molar-refractivity contribution in [2.75, 3.05) is 0 Å². The van der Waals surface area contributed by atoms with Crippen LogP contribution in [0.4, 0.5) is 0 Å². The molecular weight excluding hydrogens is 164 g/mol. The van der Waals surface area contributed by atoms with Crippen molar-refractivity contribution in [2.45, 2.75) is 26.7 Å². The van der Waals surface area contributed by atoms with Crippen LogP contribution >= 0.6 is 0 Å². The monoisotopic (exact) mass is 176 g/mol. The van der Waals surface area contributed by atoms with Crippen LogP contribution in [0.25, 0.3) is 0 Å². The molecule has 0 spiro atoms. The van der Waals surface area contributed by atoms with Crippen molar-refractivity contribution in [2.24, 2.45) is 0 Å². The van der Waals surface area contributed by atoms with E-state index in [9.17, 15) is 4.79 Å². The minimum Gasteiger partial charge on any atom is -0.426 e. The van der Waals surface area contributed by atoms with Crippen LogP contribution in [0.15, 0.2) is 12.1 Å². The van der Waals surface area contributed by atoms with E-state index >= 15 is 0 Å². The first-order valence-corrected chi connectivity index (χ1v) is 4.43. The Bertz CT molecular complexity index is 380. The molecule has 1 aliphatic rings. The fraction of sp³-hybridized carbons (Fsp3) is 0.364. The van der Waals surface area contributed by atoms with Gasteiger partial charge in [-0.1, -0.05) is 6.07 Å². The third kappa shape index (κ3) is 1.05. The van der Waals surface area contributed by atoms with E-state index in [2.05, 4.69) is 0 Å². The molecule has 1 aliphatic heterocycles. The summed E-state index contributed by atoms with van der Waals surface area (Å²) in [5.74, 6) is 0.499. The zero-order valence-corrected chi connectivity index (χ0v) is 8.05. The number of carbonyl (C=O) groups is 1. The van der Waals surface area contributed by atoms with Crippen molar-refractivity contribution in [3.05, 3.63) is 28.8 Å². The first kappa shape index (κ1) is 8.30. The molecule has 1 unspecified atom stereocenters. The zero-order valence-electron chi connectivity index (χ0n) is 8.05. The van der Waals surface area contributed by atoms with Gasteiger partial charge in [0.2, 0.25) is 0 Å². The molecule has 0 radical (unpaired) electrons. The summed E-state index contributed by atoms with van der Waals surface area (Å²) in [7, 11) is 0. The zero-order chi connectivity index (χ0) is 9.59. The predicted octanol–water partition coefficient (Wildman–Crippen LogP) is 2.33. The molecule has 0 amide bonds. The van der Waals surface area contributed by atoms with Gasteiger partial charge in [-0.05, 0) is 38.0 Å². The number of ether oxygens (including phenoxy) is 1. The highest BCUT2D eigenvalue weighted by Crippen LogP contribution is 2.37. The number of rotatable bonds is 0. The lowest BCUT2D eigenvalue weighted by Crippen LogP contribution is -2.06. The van der Waals surface area contributed by atoms with Gasteiger partial charge in [0.25, 0.3) is 0 Å². The topological polar surface area (TPSA) is 26.3 Å². The molecule has 0 bridgehead atoms. The third-order valence-electron chi connectivity index (χ3n) is 2.74. The van der Waals surface area contributed by atoms with Gasteiger partial charge in [0.05, 0.1) is 5.92 Å². The summed E-state index contributed by atoms with van der Waals surface area (Å²) < 4.78 is 5.12. The van der Waals surface area contributed by atoms with Gasteiger partial charge in [0.15, 0.2) is 0 Å². The van der Waals surface area contributed by atoms with Crippen molar-refractivity contribution >= 4 is 5.97 Å². The number of fused-ring (bicyclic) bond motifs is 1. The highest BCUT2D eigenvalue weighted by molar-refractivity contribution is 5.86. The van der Waals surface area contributed by atoms with Crippen molar-refractivity contribution in [3.63, 3.8) is 0 Å². The Balaban J connectivity index is 2.66. The minimum atomic E-state index is -0.135. The molecule has 13 heavy (non-hydrogen) atoms. The van der Waals surface area contributed by atoms with Gasteiger partial charge in [0, 0.05) is 5.56 Å². The molecule has 1 heterocycles. The van der Waals surface area contributed by atoms with Gasteiger partial charge in [0.1, 0.15) is 5.75 Å². The molecular formula is C11H12O2. The Morgan fingerprint density at radius 3 is 2.69 bits per heavy atom. The molecule has 1 atom stereocenters. The van der Waals surface area contributed by atoms with E-state index in [4.69, 9.17) is 4.74 Å². The summed E-state index contributed by atoms with van der Waals surface area (Å²) in [6.45, 7) is 5.97. The predicted molar refractivity (Wildman–Crippen MR) is 50.0 cm³/mol. The molecule has 2 nitrogen and oxygen atoms in total. The lowest BCUT2D eigenvalue weighted by Gasteiger charge is -2.06. The first-order valence-electron chi connectivity index (χ1n) is 4.43. The van der Waals surface area contributed by atoms with E-state index in [1.54, 1.807) is 0 Å². The molecule has 2 rings (SSSR count). The van der Waals surface area contributed by atoms with E-state index in [1.165, 1.54) is 11.1 Å². The maximum atomic E-state index is 11.3. The SMILES string of the molecule is Cc1ccc2c(c1C)C(C)C(=O)O2. The normalized spacial score (nSPS) is 19.9. The summed E-state index contributed by atoms with van der Waals surface area (Å²) in [6, 6.07) is 3.86. The average molecular weight is 176 g/mol. The molecule has 0 fully saturated rings. The molecule has 1 aromatic carbocycles. The van der Waals surface area contributed by atoms with Gasteiger partial charge in [-0.2, -0.15) is 0 Å². The smallest absolute Gasteiger partial charge is 0.318 e. The molecule has 0 aliphatic carbocycles. The molecule has 2 heteroatoms.